The van der Waals surface area contributed by atoms with E-state index in [1.165, 1.54) is 12.1 Å². The normalized spacial score (nSPS) is 11.5. The van der Waals surface area contributed by atoms with Gasteiger partial charge in [0.2, 0.25) is 0 Å². The maximum atomic E-state index is 14.2. The second-order valence-corrected chi connectivity index (χ2v) is 10.8. The van der Waals surface area contributed by atoms with Crippen LogP contribution < -0.4 is 0 Å². The van der Waals surface area contributed by atoms with Gasteiger partial charge in [0.15, 0.2) is 0 Å². The number of carbonyl (C=O) groups is 1. The first-order valence-corrected chi connectivity index (χ1v) is 13.6. The average Bonchev–Trinajstić information content (AvgIpc) is 3.45. The van der Waals surface area contributed by atoms with Gasteiger partial charge >= 0.3 is 0 Å². The van der Waals surface area contributed by atoms with Crippen LogP contribution in [0.4, 0.5) is 4.39 Å². The Hall–Kier alpha value is -4.96. The molecule has 0 saturated heterocycles. The standard InChI is InChI=1S/C37H30FNO2/c1-37(2,30-12-8-5-9-13-30)39(3)36(40)33-23-28(16-20-32(33)25-10-6-4-7-11-25)27-17-21-34-29(22-27)24-35(41-34)26-14-18-31(38)19-15-26/h4-24H,1-3H3. The van der Waals surface area contributed by atoms with E-state index in [0.29, 0.717) is 11.3 Å². The molecule has 0 N–H and O–H groups in total. The van der Waals surface area contributed by atoms with Crippen molar-refractivity contribution in [2.75, 3.05) is 7.05 Å². The van der Waals surface area contributed by atoms with E-state index in [1.54, 1.807) is 12.1 Å². The van der Waals surface area contributed by atoms with Gasteiger partial charge in [0, 0.05) is 23.6 Å². The third-order valence-corrected chi connectivity index (χ3v) is 7.94. The van der Waals surface area contributed by atoms with Gasteiger partial charge in [-0.3, -0.25) is 4.79 Å². The van der Waals surface area contributed by atoms with Crippen LogP contribution in [0.2, 0.25) is 0 Å². The summed E-state index contributed by atoms with van der Waals surface area (Å²) in [7, 11) is 1.87. The minimum atomic E-state index is -0.519. The van der Waals surface area contributed by atoms with E-state index in [9.17, 15) is 9.18 Å². The lowest BCUT2D eigenvalue weighted by Crippen LogP contribution is -2.43. The van der Waals surface area contributed by atoms with Crippen LogP contribution in [0.25, 0.3) is 44.5 Å². The largest absolute Gasteiger partial charge is 0.456 e. The molecule has 0 unspecified atom stereocenters. The number of nitrogens with zero attached hydrogens (tertiary/aromatic N) is 1. The molecule has 0 saturated carbocycles. The molecule has 5 aromatic carbocycles. The molecule has 0 aliphatic heterocycles. The zero-order chi connectivity index (χ0) is 28.6. The van der Waals surface area contributed by atoms with Crippen LogP contribution in [0.3, 0.4) is 0 Å². The summed E-state index contributed by atoms with van der Waals surface area (Å²) in [5, 5.41) is 0.934. The van der Waals surface area contributed by atoms with Crippen molar-refractivity contribution in [3.63, 3.8) is 0 Å². The smallest absolute Gasteiger partial charge is 0.254 e. The van der Waals surface area contributed by atoms with Crippen molar-refractivity contribution in [1.82, 2.24) is 4.90 Å². The Kier molecular flexibility index (Phi) is 6.76. The number of amides is 1. The molecular weight excluding hydrogens is 509 g/mol. The van der Waals surface area contributed by atoms with E-state index in [0.717, 1.165) is 44.3 Å². The maximum Gasteiger partial charge on any atom is 0.254 e. The Morgan fingerprint density at radius 1 is 0.683 bits per heavy atom. The molecule has 1 amide bonds. The van der Waals surface area contributed by atoms with Gasteiger partial charge in [-0.25, -0.2) is 4.39 Å². The van der Waals surface area contributed by atoms with Gasteiger partial charge < -0.3 is 9.32 Å². The highest BCUT2D eigenvalue weighted by Gasteiger charge is 2.31. The van der Waals surface area contributed by atoms with Crippen molar-refractivity contribution >= 4 is 16.9 Å². The first-order chi connectivity index (χ1) is 19.8. The highest BCUT2D eigenvalue weighted by molar-refractivity contribution is 6.02. The topological polar surface area (TPSA) is 33.5 Å². The lowest BCUT2D eigenvalue weighted by Gasteiger charge is -2.36. The second kappa shape index (κ2) is 10.5. The van der Waals surface area contributed by atoms with Crippen LogP contribution in [0.15, 0.2) is 132 Å². The van der Waals surface area contributed by atoms with Crippen molar-refractivity contribution in [2.45, 2.75) is 19.4 Å². The molecule has 4 heteroatoms. The molecule has 1 heterocycles. The zero-order valence-electron chi connectivity index (χ0n) is 23.3. The molecule has 3 nitrogen and oxygen atoms in total. The SMILES string of the molecule is CN(C(=O)c1cc(-c2ccc3oc(-c4ccc(F)cc4)cc3c2)ccc1-c1ccccc1)C(C)(C)c1ccccc1. The molecule has 6 aromatic rings. The number of halogens is 1. The predicted molar refractivity (Wildman–Crippen MR) is 164 cm³/mol. The van der Waals surface area contributed by atoms with E-state index in [2.05, 4.69) is 38.1 Å². The second-order valence-electron chi connectivity index (χ2n) is 10.8. The van der Waals surface area contributed by atoms with Crippen molar-refractivity contribution in [3.05, 3.63) is 144 Å². The maximum absolute atomic E-state index is 14.2. The molecule has 202 valence electrons. The van der Waals surface area contributed by atoms with Crippen molar-refractivity contribution < 1.29 is 13.6 Å². The lowest BCUT2D eigenvalue weighted by molar-refractivity contribution is 0.0623. The highest BCUT2D eigenvalue weighted by Crippen LogP contribution is 2.35. The third-order valence-electron chi connectivity index (χ3n) is 7.94. The number of rotatable bonds is 6. The molecule has 1 aromatic heterocycles. The summed E-state index contributed by atoms with van der Waals surface area (Å²) in [5.41, 5.74) is 6.53. The molecule has 0 aliphatic carbocycles. The van der Waals surface area contributed by atoms with E-state index in [1.807, 2.05) is 90.8 Å². The molecule has 0 atom stereocenters. The monoisotopic (exact) mass is 539 g/mol. The third kappa shape index (κ3) is 5.05. The van der Waals surface area contributed by atoms with Gasteiger partial charge in [-0.05, 0) is 90.2 Å². The fourth-order valence-corrected chi connectivity index (χ4v) is 5.22. The number of fused-ring (bicyclic) bond motifs is 1. The number of benzene rings is 5. The van der Waals surface area contributed by atoms with Gasteiger partial charge in [-0.15, -0.1) is 0 Å². The van der Waals surface area contributed by atoms with Crippen LogP contribution in [0.1, 0.15) is 29.8 Å². The number of furan rings is 1. The fraction of sp³-hybridized carbons (Fsp3) is 0.108. The first kappa shape index (κ1) is 26.3. The van der Waals surface area contributed by atoms with E-state index in [4.69, 9.17) is 4.42 Å². The summed E-state index contributed by atoms with van der Waals surface area (Å²) in [6.45, 7) is 4.13. The van der Waals surface area contributed by atoms with Crippen LogP contribution in [0, 0.1) is 5.82 Å². The van der Waals surface area contributed by atoms with Gasteiger partial charge in [-0.1, -0.05) is 78.9 Å². The molecule has 41 heavy (non-hydrogen) atoms. The molecule has 0 radical (unpaired) electrons. The Balaban J connectivity index is 1.42. The van der Waals surface area contributed by atoms with Crippen LogP contribution >= 0.6 is 0 Å². The van der Waals surface area contributed by atoms with E-state index in [-0.39, 0.29) is 11.7 Å². The van der Waals surface area contributed by atoms with Crippen molar-refractivity contribution in [1.29, 1.82) is 0 Å². The molecule has 0 fully saturated rings. The molecular formula is C37H30FNO2. The number of carbonyl (C=O) groups excluding carboxylic acids is 1. The van der Waals surface area contributed by atoms with Gasteiger partial charge in [0.25, 0.3) is 5.91 Å². The van der Waals surface area contributed by atoms with Gasteiger partial charge in [0.1, 0.15) is 17.2 Å². The molecule has 0 aliphatic rings. The summed E-state index contributed by atoms with van der Waals surface area (Å²) < 4.78 is 19.5. The summed E-state index contributed by atoms with van der Waals surface area (Å²) in [6.07, 6.45) is 0. The number of hydrogen-bond acceptors (Lipinski definition) is 2. The lowest BCUT2D eigenvalue weighted by atomic mass is 9.90. The van der Waals surface area contributed by atoms with Crippen molar-refractivity contribution in [3.8, 4) is 33.6 Å². The summed E-state index contributed by atoms with van der Waals surface area (Å²) >= 11 is 0. The van der Waals surface area contributed by atoms with Crippen molar-refractivity contribution in [2.24, 2.45) is 0 Å². The minimum absolute atomic E-state index is 0.0532. The Morgan fingerprint density at radius 2 is 1.29 bits per heavy atom. The predicted octanol–water partition coefficient (Wildman–Crippen LogP) is 9.58. The quantitative estimate of drug-likeness (QED) is 0.211. The van der Waals surface area contributed by atoms with Crippen LogP contribution in [-0.2, 0) is 5.54 Å². The van der Waals surface area contributed by atoms with Gasteiger partial charge in [-0.2, -0.15) is 0 Å². The summed E-state index contributed by atoms with van der Waals surface area (Å²) in [5.74, 6) is 0.342. The highest BCUT2D eigenvalue weighted by atomic mass is 19.1. The Bertz CT molecular complexity index is 1840. The molecule has 6 rings (SSSR count). The van der Waals surface area contributed by atoms with Gasteiger partial charge in [0.05, 0.1) is 5.54 Å². The van der Waals surface area contributed by atoms with E-state index < -0.39 is 5.54 Å². The molecule has 0 bridgehead atoms. The number of hydrogen-bond donors (Lipinski definition) is 0. The Labute approximate surface area is 239 Å². The fourth-order valence-electron chi connectivity index (χ4n) is 5.22. The van der Waals surface area contributed by atoms with E-state index >= 15 is 0 Å². The zero-order valence-corrected chi connectivity index (χ0v) is 23.3. The minimum Gasteiger partial charge on any atom is -0.456 e. The first-order valence-electron chi connectivity index (χ1n) is 13.6. The summed E-state index contributed by atoms with van der Waals surface area (Å²) in [6, 6.07) is 40.4. The van der Waals surface area contributed by atoms with Crippen LogP contribution in [-0.4, -0.2) is 17.9 Å². The Morgan fingerprint density at radius 3 is 2.00 bits per heavy atom. The summed E-state index contributed by atoms with van der Waals surface area (Å²) in [4.78, 5) is 16.0. The average molecular weight is 540 g/mol. The molecule has 0 spiro atoms. The van der Waals surface area contributed by atoms with Crippen LogP contribution in [0.5, 0.6) is 0 Å².